The van der Waals surface area contributed by atoms with Crippen molar-refractivity contribution in [2.45, 2.75) is 39.5 Å². The van der Waals surface area contributed by atoms with E-state index < -0.39 is 7.90 Å². The van der Waals surface area contributed by atoms with Crippen LogP contribution in [0.15, 0.2) is 0 Å². The molecule has 0 aliphatic rings. The molecule has 0 aliphatic heterocycles. The summed E-state index contributed by atoms with van der Waals surface area (Å²) in [6.07, 6.45) is 4.08. The Bertz CT molecular complexity index is 183. The van der Waals surface area contributed by atoms with Gasteiger partial charge in [0.25, 0.3) is 7.90 Å². The van der Waals surface area contributed by atoms with E-state index in [0.717, 1.165) is 58.8 Å². The molecule has 80 valence electrons. The van der Waals surface area contributed by atoms with Gasteiger partial charge in [0.05, 0.1) is 0 Å². The molecular weight excluding hydrogens is 224 g/mol. The predicted octanol–water partition coefficient (Wildman–Crippen LogP) is 3.30. The molecule has 0 saturated carbocycles. The molecule has 0 fully saturated rings. The van der Waals surface area contributed by atoms with Gasteiger partial charge in [-0.15, -0.1) is 0 Å². The van der Waals surface area contributed by atoms with Crippen LogP contribution >= 0.6 is 21.6 Å². The Morgan fingerprint density at radius 2 is 1.31 bits per heavy atom. The van der Waals surface area contributed by atoms with Crippen molar-refractivity contribution in [1.29, 1.82) is 0 Å². The predicted molar refractivity (Wildman–Crippen MR) is 63.7 cm³/mol. The second kappa shape index (κ2) is 8.00. The van der Waals surface area contributed by atoms with Gasteiger partial charge >= 0.3 is 0 Å². The fourth-order valence-corrected chi connectivity index (χ4v) is 5.91. The lowest BCUT2D eigenvalue weighted by molar-refractivity contribution is 0.623. The number of hydrogen-bond donors (Lipinski definition) is 0. The topological polar surface area (TPSA) is 34.1 Å². The zero-order valence-corrected chi connectivity index (χ0v) is 10.7. The molecule has 0 bridgehead atoms. The van der Waals surface area contributed by atoms with Gasteiger partial charge in [-0.05, 0) is 34.4 Å². The van der Waals surface area contributed by atoms with Crippen LogP contribution in [0.3, 0.4) is 0 Å². The highest BCUT2D eigenvalue weighted by molar-refractivity contribution is 9.04. The minimum Gasteiger partial charge on any atom is -0.206 e. The Morgan fingerprint density at radius 3 is 1.62 bits per heavy atom. The van der Waals surface area contributed by atoms with Gasteiger partial charge in [-0.3, -0.25) is 0 Å². The standard InChI is InChI=1S/C8H18O2S3/c1-3-5-7-11-13(9,10)12-8-6-4-2/h3-8H2,1-2H3. The van der Waals surface area contributed by atoms with Crippen LogP contribution in [0.2, 0.25) is 0 Å². The summed E-state index contributed by atoms with van der Waals surface area (Å²) in [7, 11) is -0.715. The lowest BCUT2D eigenvalue weighted by Crippen LogP contribution is -1.91. The first-order chi connectivity index (χ1) is 6.12. The molecule has 0 unspecified atom stereocenters. The molecule has 0 aromatic carbocycles. The minimum absolute atomic E-state index is 0.734. The molecule has 0 spiro atoms. The van der Waals surface area contributed by atoms with Crippen LogP contribution in [0.5, 0.6) is 0 Å². The van der Waals surface area contributed by atoms with Crippen molar-refractivity contribution in [1.82, 2.24) is 0 Å². The number of unbranched alkanes of at least 4 members (excludes halogenated alkanes) is 2. The lowest BCUT2D eigenvalue weighted by atomic mass is 10.4. The maximum Gasteiger partial charge on any atom is 0.253 e. The largest absolute Gasteiger partial charge is 0.253 e. The molecule has 5 heteroatoms. The van der Waals surface area contributed by atoms with Crippen molar-refractivity contribution in [3.8, 4) is 0 Å². The minimum atomic E-state index is -2.89. The molecule has 0 N–H and O–H groups in total. The van der Waals surface area contributed by atoms with Crippen LogP contribution < -0.4 is 0 Å². The zero-order chi connectivity index (χ0) is 10.2. The highest BCUT2D eigenvalue weighted by Gasteiger charge is 2.10. The molecule has 0 amide bonds. The smallest absolute Gasteiger partial charge is 0.206 e. The third-order valence-electron chi connectivity index (χ3n) is 1.45. The summed E-state index contributed by atoms with van der Waals surface area (Å²) in [5.41, 5.74) is 0. The molecule has 0 aromatic heterocycles. The molecular formula is C8H18O2S3. The Morgan fingerprint density at radius 1 is 0.923 bits per heavy atom. The summed E-state index contributed by atoms with van der Waals surface area (Å²) in [4.78, 5) is 0. The van der Waals surface area contributed by atoms with Crippen LogP contribution in [0.1, 0.15) is 39.5 Å². The first kappa shape index (κ1) is 13.7. The Kier molecular flexibility index (Phi) is 8.40. The SMILES string of the molecule is CCCCSS(=O)(=O)SCCCC. The van der Waals surface area contributed by atoms with Gasteiger partial charge in [0.2, 0.25) is 0 Å². The highest BCUT2D eigenvalue weighted by atomic mass is 33.5. The Balaban J connectivity index is 3.55. The monoisotopic (exact) mass is 242 g/mol. The normalized spacial score (nSPS) is 11.8. The molecule has 0 radical (unpaired) electrons. The van der Waals surface area contributed by atoms with Crippen molar-refractivity contribution >= 4 is 29.5 Å². The summed E-state index contributed by atoms with van der Waals surface area (Å²) >= 11 is 0. The van der Waals surface area contributed by atoms with Gasteiger partial charge in [0.15, 0.2) is 0 Å². The van der Waals surface area contributed by atoms with E-state index in [1.165, 1.54) is 0 Å². The summed E-state index contributed by atoms with van der Waals surface area (Å²) in [5.74, 6) is 1.47. The van der Waals surface area contributed by atoms with E-state index in [4.69, 9.17) is 0 Å². The fourth-order valence-electron chi connectivity index (χ4n) is 0.645. The second-order valence-corrected chi connectivity index (χ2v) is 9.54. The average Bonchev–Trinajstić information content (AvgIpc) is 2.05. The molecule has 0 heterocycles. The first-order valence-corrected chi connectivity index (χ1v) is 9.15. The van der Waals surface area contributed by atoms with E-state index in [2.05, 4.69) is 13.8 Å². The summed E-state index contributed by atoms with van der Waals surface area (Å²) in [5, 5.41) is 0. The lowest BCUT2D eigenvalue weighted by Gasteiger charge is -2.01. The summed E-state index contributed by atoms with van der Waals surface area (Å²) in [6, 6.07) is 0. The van der Waals surface area contributed by atoms with Gasteiger partial charge in [-0.25, -0.2) is 8.42 Å². The van der Waals surface area contributed by atoms with Crippen LogP contribution in [0.4, 0.5) is 0 Å². The molecule has 0 aliphatic carbocycles. The molecule has 13 heavy (non-hydrogen) atoms. The van der Waals surface area contributed by atoms with E-state index >= 15 is 0 Å². The summed E-state index contributed by atoms with van der Waals surface area (Å²) < 4.78 is 22.6. The quantitative estimate of drug-likeness (QED) is 0.483. The van der Waals surface area contributed by atoms with E-state index in [-0.39, 0.29) is 0 Å². The van der Waals surface area contributed by atoms with Crippen LogP contribution in [0, 0.1) is 0 Å². The zero-order valence-electron chi connectivity index (χ0n) is 8.28. The van der Waals surface area contributed by atoms with Crippen LogP contribution in [-0.4, -0.2) is 19.9 Å². The molecule has 0 saturated heterocycles. The van der Waals surface area contributed by atoms with Crippen LogP contribution in [-0.2, 0) is 7.90 Å². The van der Waals surface area contributed by atoms with Gasteiger partial charge in [-0.1, -0.05) is 26.7 Å². The van der Waals surface area contributed by atoms with Gasteiger partial charge in [0.1, 0.15) is 0 Å². The second-order valence-electron chi connectivity index (χ2n) is 2.76. The molecule has 2 nitrogen and oxygen atoms in total. The van der Waals surface area contributed by atoms with E-state index in [0.29, 0.717) is 0 Å². The van der Waals surface area contributed by atoms with Crippen LogP contribution in [0.25, 0.3) is 0 Å². The van der Waals surface area contributed by atoms with Gasteiger partial charge in [-0.2, -0.15) is 0 Å². The van der Waals surface area contributed by atoms with Crippen molar-refractivity contribution < 1.29 is 8.42 Å². The van der Waals surface area contributed by atoms with Crippen molar-refractivity contribution in [3.63, 3.8) is 0 Å². The summed E-state index contributed by atoms with van der Waals surface area (Å²) in [6.45, 7) is 4.13. The molecule has 0 rings (SSSR count). The first-order valence-electron chi connectivity index (χ1n) is 4.66. The molecule has 0 atom stereocenters. The van der Waals surface area contributed by atoms with Gasteiger partial charge < -0.3 is 0 Å². The van der Waals surface area contributed by atoms with Gasteiger partial charge in [0, 0.05) is 11.5 Å². The average molecular weight is 242 g/mol. The number of rotatable bonds is 8. The maximum absolute atomic E-state index is 11.3. The fraction of sp³-hybridized carbons (Fsp3) is 1.00. The van der Waals surface area contributed by atoms with E-state index in [1.54, 1.807) is 0 Å². The van der Waals surface area contributed by atoms with Crippen molar-refractivity contribution in [2.24, 2.45) is 0 Å². The number of hydrogen-bond acceptors (Lipinski definition) is 4. The van der Waals surface area contributed by atoms with Crippen molar-refractivity contribution in [3.05, 3.63) is 0 Å². The molecule has 0 aromatic rings. The highest BCUT2D eigenvalue weighted by Crippen LogP contribution is 2.27. The van der Waals surface area contributed by atoms with E-state index in [1.807, 2.05) is 0 Å². The van der Waals surface area contributed by atoms with Crippen molar-refractivity contribution in [2.75, 3.05) is 11.5 Å². The third-order valence-corrected chi connectivity index (χ3v) is 7.40. The third kappa shape index (κ3) is 8.97. The maximum atomic E-state index is 11.3. The Labute approximate surface area is 89.0 Å². The van der Waals surface area contributed by atoms with E-state index in [9.17, 15) is 8.42 Å². The Hall–Kier alpha value is 0.650.